The fraction of sp³-hybridized carbons (Fsp3) is 0.550. The fourth-order valence-corrected chi connectivity index (χ4v) is 2.81. The van der Waals surface area contributed by atoms with E-state index in [0.717, 1.165) is 44.8 Å². The van der Waals surface area contributed by atoms with Crippen LogP contribution in [-0.4, -0.2) is 43.5 Å². The average molecular weight is 352 g/mol. The molecule has 0 amide bonds. The standard InChI is InChI=1S/C20H30ClNO2/c1-6-15(2)8-7-9-19(18(5)21)17(4)20(23)16(3)14-22-10-12-24-13-11-22/h7-9,16H,5-6,10-14H2,1-4H3/b9-7-,15-8?,19-17?. The Bertz CT molecular complexity index is 540. The van der Waals surface area contributed by atoms with E-state index in [0.29, 0.717) is 10.6 Å². The van der Waals surface area contributed by atoms with Crippen LogP contribution >= 0.6 is 11.6 Å². The molecule has 0 aromatic carbocycles. The number of halogens is 1. The predicted molar refractivity (Wildman–Crippen MR) is 102 cm³/mol. The number of nitrogens with zero attached hydrogens (tertiary/aromatic N) is 1. The van der Waals surface area contributed by atoms with Crippen LogP contribution in [0.15, 0.2) is 46.6 Å². The van der Waals surface area contributed by atoms with Crippen molar-refractivity contribution in [2.75, 3.05) is 32.8 Å². The number of carbonyl (C=O) groups excluding carboxylic acids is 1. The molecule has 1 fully saturated rings. The largest absolute Gasteiger partial charge is 0.379 e. The molecule has 1 aliphatic rings. The summed E-state index contributed by atoms with van der Waals surface area (Å²) >= 11 is 6.13. The Hall–Kier alpha value is -1.16. The highest BCUT2D eigenvalue weighted by molar-refractivity contribution is 6.32. The molecule has 1 heterocycles. The Balaban J connectivity index is 2.85. The molecule has 0 radical (unpaired) electrons. The van der Waals surface area contributed by atoms with Crippen molar-refractivity contribution in [2.45, 2.75) is 34.1 Å². The molecule has 3 nitrogen and oxygen atoms in total. The molecule has 0 aromatic heterocycles. The van der Waals surface area contributed by atoms with Crippen molar-refractivity contribution >= 4 is 17.4 Å². The molecule has 1 rings (SSSR count). The molecule has 0 spiro atoms. The van der Waals surface area contributed by atoms with Gasteiger partial charge in [0.05, 0.1) is 13.2 Å². The summed E-state index contributed by atoms with van der Waals surface area (Å²) in [6.45, 7) is 15.8. The summed E-state index contributed by atoms with van der Waals surface area (Å²) in [5, 5.41) is 0.401. The van der Waals surface area contributed by atoms with E-state index in [2.05, 4.69) is 25.3 Å². The average Bonchev–Trinajstić information content (AvgIpc) is 2.57. The number of ketones is 1. The zero-order valence-electron chi connectivity index (χ0n) is 15.4. The van der Waals surface area contributed by atoms with Crippen LogP contribution in [0.3, 0.4) is 0 Å². The van der Waals surface area contributed by atoms with Crippen LogP contribution in [0.1, 0.15) is 34.1 Å². The van der Waals surface area contributed by atoms with Crippen LogP contribution in [0, 0.1) is 5.92 Å². The second-order valence-corrected chi connectivity index (χ2v) is 6.80. The fourth-order valence-electron chi connectivity index (χ4n) is 2.60. The van der Waals surface area contributed by atoms with Crippen LogP contribution in [0.2, 0.25) is 0 Å². The van der Waals surface area contributed by atoms with E-state index in [4.69, 9.17) is 16.3 Å². The van der Waals surface area contributed by atoms with E-state index in [1.54, 1.807) is 0 Å². The van der Waals surface area contributed by atoms with Gasteiger partial charge in [-0.05, 0) is 25.8 Å². The molecule has 134 valence electrons. The maximum absolute atomic E-state index is 12.8. The predicted octanol–water partition coefficient (Wildman–Crippen LogP) is 4.51. The molecule has 1 aliphatic heterocycles. The molecule has 24 heavy (non-hydrogen) atoms. The Morgan fingerprint density at radius 1 is 1.33 bits per heavy atom. The van der Waals surface area contributed by atoms with Crippen LogP contribution in [0.4, 0.5) is 0 Å². The smallest absolute Gasteiger partial charge is 0.163 e. The summed E-state index contributed by atoms with van der Waals surface area (Å²) < 4.78 is 5.35. The van der Waals surface area contributed by atoms with Gasteiger partial charge in [-0.25, -0.2) is 0 Å². The highest BCUT2D eigenvalue weighted by Gasteiger charge is 2.21. The molecule has 0 saturated carbocycles. The van der Waals surface area contributed by atoms with Crippen molar-refractivity contribution in [3.05, 3.63) is 46.6 Å². The molecule has 0 N–H and O–H groups in total. The van der Waals surface area contributed by atoms with Gasteiger partial charge in [0, 0.05) is 36.2 Å². The first-order valence-corrected chi connectivity index (χ1v) is 8.98. The van der Waals surface area contributed by atoms with Crippen LogP contribution in [0.5, 0.6) is 0 Å². The molecular weight excluding hydrogens is 322 g/mol. The van der Waals surface area contributed by atoms with E-state index in [1.165, 1.54) is 5.57 Å². The van der Waals surface area contributed by atoms with E-state index < -0.39 is 0 Å². The Labute approximate surface area is 151 Å². The third kappa shape index (κ3) is 6.76. The first-order valence-electron chi connectivity index (χ1n) is 8.60. The van der Waals surface area contributed by atoms with Crippen molar-refractivity contribution in [1.29, 1.82) is 0 Å². The topological polar surface area (TPSA) is 29.5 Å². The minimum absolute atomic E-state index is 0.0737. The number of hydrogen-bond acceptors (Lipinski definition) is 3. The molecule has 4 heteroatoms. The third-order valence-corrected chi connectivity index (χ3v) is 4.55. The van der Waals surface area contributed by atoms with E-state index in [-0.39, 0.29) is 11.7 Å². The Kier molecular flexibility index (Phi) is 9.27. The maximum atomic E-state index is 12.8. The molecule has 1 saturated heterocycles. The molecule has 1 unspecified atom stereocenters. The van der Waals surface area contributed by atoms with Crippen LogP contribution < -0.4 is 0 Å². The quantitative estimate of drug-likeness (QED) is 0.476. The maximum Gasteiger partial charge on any atom is 0.163 e. The zero-order chi connectivity index (χ0) is 18.1. The van der Waals surface area contributed by atoms with Crippen molar-refractivity contribution in [2.24, 2.45) is 5.92 Å². The van der Waals surface area contributed by atoms with Gasteiger partial charge in [-0.1, -0.05) is 55.8 Å². The lowest BCUT2D eigenvalue weighted by molar-refractivity contribution is -0.119. The summed E-state index contributed by atoms with van der Waals surface area (Å²) in [5.41, 5.74) is 2.67. The van der Waals surface area contributed by atoms with Gasteiger partial charge in [-0.2, -0.15) is 0 Å². The van der Waals surface area contributed by atoms with Crippen molar-refractivity contribution in [3.63, 3.8) is 0 Å². The van der Waals surface area contributed by atoms with Gasteiger partial charge in [0.15, 0.2) is 5.78 Å². The highest BCUT2D eigenvalue weighted by Crippen LogP contribution is 2.22. The van der Waals surface area contributed by atoms with Crippen molar-refractivity contribution < 1.29 is 9.53 Å². The van der Waals surface area contributed by atoms with E-state index >= 15 is 0 Å². The summed E-state index contributed by atoms with van der Waals surface area (Å²) in [4.78, 5) is 15.0. The van der Waals surface area contributed by atoms with Crippen molar-refractivity contribution in [3.8, 4) is 0 Å². The first kappa shape index (κ1) is 20.9. The second-order valence-electron chi connectivity index (χ2n) is 6.35. The monoisotopic (exact) mass is 351 g/mol. The number of hydrogen-bond donors (Lipinski definition) is 0. The summed E-state index contributed by atoms with van der Waals surface area (Å²) in [7, 11) is 0. The zero-order valence-corrected chi connectivity index (χ0v) is 16.2. The molecule has 1 atom stereocenters. The van der Waals surface area contributed by atoms with Gasteiger partial charge in [-0.3, -0.25) is 9.69 Å². The summed E-state index contributed by atoms with van der Waals surface area (Å²) in [6, 6.07) is 0. The van der Waals surface area contributed by atoms with Gasteiger partial charge >= 0.3 is 0 Å². The van der Waals surface area contributed by atoms with Gasteiger partial charge in [0.25, 0.3) is 0 Å². The van der Waals surface area contributed by atoms with Crippen LogP contribution in [-0.2, 0) is 9.53 Å². The minimum atomic E-state index is -0.0737. The van der Waals surface area contributed by atoms with E-state index in [1.807, 2.05) is 32.1 Å². The number of morpholine rings is 1. The Morgan fingerprint density at radius 3 is 2.50 bits per heavy atom. The van der Waals surface area contributed by atoms with Gasteiger partial charge < -0.3 is 4.74 Å². The molecular formula is C20H30ClNO2. The summed E-state index contributed by atoms with van der Waals surface area (Å²) in [5.74, 6) is 0.0505. The summed E-state index contributed by atoms with van der Waals surface area (Å²) in [6.07, 6.45) is 6.85. The molecule has 0 aliphatic carbocycles. The highest BCUT2D eigenvalue weighted by atomic mass is 35.5. The SMILES string of the molecule is C=C(Cl)C(/C=C\C=C(C)CC)=C(C)C(=O)C(C)CN1CCOCC1. The lowest BCUT2D eigenvalue weighted by Gasteiger charge is -2.28. The second kappa shape index (κ2) is 10.7. The molecule has 0 aromatic rings. The van der Waals surface area contributed by atoms with Crippen molar-refractivity contribution in [1.82, 2.24) is 4.90 Å². The van der Waals surface area contributed by atoms with Gasteiger partial charge in [0.2, 0.25) is 0 Å². The normalized spacial score (nSPS) is 19.3. The number of rotatable bonds is 8. The number of allylic oxidation sites excluding steroid dienone is 7. The minimum Gasteiger partial charge on any atom is -0.379 e. The van der Waals surface area contributed by atoms with Gasteiger partial charge in [-0.15, -0.1) is 0 Å². The number of ether oxygens (including phenoxy) is 1. The molecule has 0 bridgehead atoms. The lowest BCUT2D eigenvalue weighted by atomic mass is 9.95. The van der Waals surface area contributed by atoms with E-state index in [9.17, 15) is 4.79 Å². The number of Topliss-reactive ketones (excluding diaryl/α,β-unsaturated/α-hetero) is 1. The third-order valence-electron chi connectivity index (χ3n) is 4.35. The lowest BCUT2D eigenvalue weighted by Crippen LogP contribution is -2.40. The number of carbonyl (C=O) groups is 1. The van der Waals surface area contributed by atoms with Gasteiger partial charge in [0.1, 0.15) is 0 Å². The first-order chi connectivity index (χ1) is 11.4. The Morgan fingerprint density at radius 2 is 1.96 bits per heavy atom. The van der Waals surface area contributed by atoms with Crippen LogP contribution in [0.25, 0.3) is 0 Å².